The molecule has 0 unspecified atom stereocenters. The maximum absolute atomic E-state index is 6.55. The van der Waals surface area contributed by atoms with Crippen LogP contribution in [0.25, 0.3) is 16.7 Å². The number of para-hydroxylation sites is 1. The Kier molecular flexibility index (Phi) is 3.82. The molecule has 0 aliphatic carbocycles. The first-order valence-electron chi connectivity index (χ1n) is 9.59. The fourth-order valence-electron chi connectivity index (χ4n) is 4.50. The fourth-order valence-corrected chi connectivity index (χ4v) is 4.63. The third-order valence-corrected chi connectivity index (χ3v) is 5.78. The lowest BCUT2D eigenvalue weighted by Crippen LogP contribution is -2.32. The van der Waals surface area contributed by atoms with Crippen LogP contribution < -0.4 is 10.1 Å². The number of ether oxygens (including phenoxy) is 1. The molecule has 2 heterocycles. The lowest BCUT2D eigenvalue weighted by Gasteiger charge is -2.37. The number of benzene rings is 3. The maximum atomic E-state index is 6.55. The Hall–Kier alpha value is -2.71. The molecule has 3 heteroatoms. The molecule has 0 saturated carbocycles. The molecular formula is C25H22ClNO. The number of hydrogen-bond donors (Lipinski definition) is 1. The molecule has 0 bridgehead atoms. The van der Waals surface area contributed by atoms with Gasteiger partial charge in [0.2, 0.25) is 0 Å². The Morgan fingerprint density at radius 2 is 1.68 bits per heavy atom. The summed E-state index contributed by atoms with van der Waals surface area (Å²) in [5, 5.41) is 4.40. The number of fused-ring (bicyclic) bond motifs is 5. The van der Waals surface area contributed by atoms with Gasteiger partial charge in [-0.1, -0.05) is 54.1 Å². The van der Waals surface area contributed by atoms with Gasteiger partial charge in [-0.2, -0.15) is 0 Å². The molecule has 1 N–H and O–H groups in total. The van der Waals surface area contributed by atoms with Crippen LogP contribution in [0.4, 0.5) is 5.69 Å². The van der Waals surface area contributed by atoms with Crippen molar-refractivity contribution in [3.63, 3.8) is 0 Å². The van der Waals surface area contributed by atoms with Gasteiger partial charge in [-0.05, 0) is 61.7 Å². The zero-order valence-corrected chi connectivity index (χ0v) is 17.0. The minimum Gasteiger partial charge on any atom is -0.480 e. The average molecular weight is 388 g/mol. The molecule has 2 aliphatic heterocycles. The smallest absolute Gasteiger partial charge is 0.150 e. The SMILES string of the molecule is CC1=CC(C)(C)Nc2ccc3c(c21)[C@H](c1ccc(Cl)cc1)Oc1ccccc1-3. The average Bonchev–Trinajstić information content (AvgIpc) is 2.66. The normalized spacial score (nSPS) is 18.7. The largest absolute Gasteiger partial charge is 0.480 e. The van der Waals surface area contributed by atoms with Gasteiger partial charge in [0.15, 0.2) is 6.10 Å². The Balaban J connectivity index is 1.80. The van der Waals surface area contributed by atoms with E-state index in [1.165, 1.54) is 22.3 Å². The van der Waals surface area contributed by atoms with Crippen LogP contribution in [0.3, 0.4) is 0 Å². The highest BCUT2D eigenvalue weighted by atomic mass is 35.5. The van der Waals surface area contributed by atoms with Crippen LogP contribution in [-0.4, -0.2) is 5.54 Å². The van der Waals surface area contributed by atoms with E-state index < -0.39 is 0 Å². The number of anilines is 1. The van der Waals surface area contributed by atoms with Crippen molar-refractivity contribution in [3.8, 4) is 16.9 Å². The van der Waals surface area contributed by atoms with E-state index >= 15 is 0 Å². The summed E-state index contributed by atoms with van der Waals surface area (Å²) in [6, 6.07) is 20.7. The third kappa shape index (κ3) is 2.71. The Morgan fingerprint density at radius 1 is 0.929 bits per heavy atom. The maximum Gasteiger partial charge on any atom is 0.150 e. The third-order valence-electron chi connectivity index (χ3n) is 5.53. The molecule has 0 aromatic heterocycles. The summed E-state index contributed by atoms with van der Waals surface area (Å²) < 4.78 is 6.55. The van der Waals surface area contributed by atoms with Gasteiger partial charge in [-0.25, -0.2) is 0 Å². The van der Waals surface area contributed by atoms with Gasteiger partial charge in [-0.15, -0.1) is 0 Å². The van der Waals surface area contributed by atoms with E-state index in [0.29, 0.717) is 0 Å². The van der Waals surface area contributed by atoms with Crippen LogP contribution in [0.5, 0.6) is 5.75 Å². The fraction of sp³-hybridized carbons (Fsp3) is 0.200. The number of hydrogen-bond acceptors (Lipinski definition) is 2. The number of halogens is 1. The van der Waals surface area contributed by atoms with Crippen LogP contribution in [0.15, 0.2) is 66.7 Å². The van der Waals surface area contributed by atoms with Gasteiger partial charge in [0, 0.05) is 27.4 Å². The topological polar surface area (TPSA) is 21.3 Å². The lowest BCUT2D eigenvalue weighted by atomic mass is 9.80. The van der Waals surface area contributed by atoms with Crippen molar-refractivity contribution in [1.82, 2.24) is 0 Å². The van der Waals surface area contributed by atoms with Gasteiger partial charge in [0.05, 0.1) is 5.54 Å². The van der Waals surface area contributed by atoms with Crippen molar-refractivity contribution in [1.29, 1.82) is 0 Å². The van der Waals surface area contributed by atoms with Crippen molar-refractivity contribution in [2.24, 2.45) is 0 Å². The number of nitrogens with one attached hydrogen (secondary N) is 1. The summed E-state index contributed by atoms with van der Waals surface area (Å²) in [5.74, 6) is 0.917. The highest BCUT2D eigenvalue weighted by Crippen LogP contribution is 2.50. The van der Waals surface area contributed by atoms with Crippen molar-refractivity contribution in [2.75, 3.05) is 5.32 Å². The molecule has 2 aliphatic rings. The van der Waals surface area contributed by atoms with E-state index in [1.807, 2.05) is 24.3 Å². The highest BCUT2D eigenvalue weighted by molar-refractivity contribution is 6.30. The van der Waals surface area contributed by atoms with E-state index in [4.69, 9.17) is 16.3 Å². The van der Waals surface area contributed by atoms with Gasteiger partial charge in [0.25, 0.3) is 0 Å². The summed E-state index contributed by atoms with van der Waals surface area (Å²) in [7, 11) is 0. The Bertz CT molecular complexity index is 1110. The van der Waals surface area contributed by atoms with Crippen LogP contribution >= 0.6 is 11.6 Å². The van der Waals surface area contributed by atoms with Crippen LogP contribution in [0.1, 0.15) is 43.6 Å². The van der Waals surface area contributed by atoms with Gasteiger partial charge >= 0.3 is 0 Å². The summed E-state index contributed by atoms with van der Waals surface area (Å²) in [5.41, 5.74) is 8.29. The molecule has 140 valence electrons. The van der Waals surface area contributed by atoms with Gasteiger partial charge in [0.1, 0.15) is 5.75 Å². The quantitative estimate of drug-likeness (QED) is 0.481. The van der Waals surface area contributed by atoms with E-state index in [1.54, 1.807) is 0 Å². The van der Waals surface area contributed by atoms with Crippen LogP contribution in [0.2, 0.25) is 5.02 Å². The summed E-state index contributed by atoms with van der Waals surface area (Å²) >= 11 is 6.14. The molecule has 0 spiro atoms. The first-order valence-corrected chi connectivity index (χ1v) is 9.97. The van der Waals surface area contributed by atoms with E-state index in [2.05, 4.69) is 68.6 Å². The molecular weight excluding hydrogens is 366 g/mol. The molecule has 5 rings (SSSR count). The zero-order valence-electron chi connectivity index (χ0n) is 16.2. The van der Waals surface area contributed by atoms with Crippen molar-refractivity contribution in [3.05, 3.63) is 88.5 Å². The summed E-state index contributed by atoms with van der Waals surface area (Å²) in [4.78, 5) is 0. The molecule has 28 heavy (non-hydrogen) atoms. The van der Waals surface area contributed by atoms with Crippen molar-refractivity contribution < 1.29 is 4.74 Å². The molecule has 0 fully saturated rings. The second-order valence-electron chi connectivity index (χ2n) is 8.17. The first kappa shape index (κ1) is 17.4. The highest BCUT2D eigenvalue weighted by Gasteiger charge is 2.34. The Morgan fingerprint density at radius 3 is 2.46 bits per heavy atom. The van der Waals surface area contributed by atoms with E-state index in [0.717, 1.165) is 27.6 Å². The second kappa shape index (κ2) is 6.15. The molecule has 2 nitrogen and oxygen atoms in total. The molecule has 3 aromatic rings. The lowest BCUT2D eigenvalue weighted by molar-refractivity contribution is 0.243. The van der Waals surface area contributed by atoms with Crippen LogP contribution in [-0.2, 0) is 0 Å². The molecule has 3 aromatic carbocycles. The first-order chi connectivity index (χ1) is 13.4. The molecule has 1 atom stereocenters. The molecule has 0 amide bonds. The molecule has 0 radical (unpaired) electrons. The standard InChI is InChI=1S/C25H22ClNO/c1-15-14-25(2,3)27-20-13-12-19-18-6-4-5-7-21(18)28-24(23(19)22(15)20)16-8-10-17(26)11-9-16/h4-14,24,27H,1-3H3/t24-/m0/s1. The minimum absolute atomic E-state index is 0.0749. The summed E-state index contributed by atoms with van der Waals surface area (Å²) in [6.07, 6.45) is 2.12. The second-order valence-corrected chi connectivity index (χ2v) is 8.61. The number of rotatable bonds is 1. The van der Waals surface area contributed by atoms with E-state index in [-0.39, 0.29) is 11.6 Å². The summed E-state index contributed by atoms with van der Waals surface area (Å²) in [6.45, 7) is 6.59. The van der Waals surface area contributed by atoms with Crippen LogP contribution in [0, 0.1) is 0 Å². The predicted octanol–water partition coefficient (Wildman–Crippen LogP) is 7.10. The van der Waals surface area contributed by atoms with Crippen molar-refractivity contribution in [2.45, 2.75) is 32.4 Å². The zero-order chi connectivity index (χ0) is 19.5. The van der Waals surface area contributed by atoms with Crippen molar-refractivity contribution >= 4 is 22.9 Å². The van der Waals surface area contributed by atoms with Gasteiger partial charge < -0.3 is 10.1 Å². The monoisotopic (exact) mass is 387 g/mol. The number of allylic oxidation sites excluding steroid dienone is 1. The predicted molar refractivity (Wildman–Crippen MR) is 117 cm³/mol. The van der Waals surface area contributed by atoms with Gasteiger partial charge in [-0.3, -0.25) is 0 Å². The minimum atomic E-state index is -0.177. The Labute approximate surface area is 170 Å². The van der Waals surface area contributed by atoms with E-state index in [9.17, 15) is 0 Å². The molecule has 0 saturated heterocycles.